The summed E-state index contributed by atoms with van der Waals surface area (Å²) < 4.78 is 13.5. The van der Waals surface area contributed by atoms with Crippen LogP contribution in [-0.2, 0) is 0 Å². The molecule has 0 radical (unpaired) electrons. The van der Waals surface area contributed by atoms with Crippen LogP contribution in [0.5, 0.6) is 0 Å². The first kappa shape index (κ1) is 13.7. The number of piperidine rings is 1. The van der Waals surface area contributed by atoms with Crippen LogP contribution in [0.2, 0.25) is 0 Å². The topological polar surface area (TPSA) is 59.2 Å². The van der Waals surface area contributed by atoms with Crippen LogP contribution in [0.4, 0.5) is 9.52 Å². The van der Waals surface area contributed by atoms with E-state index in [0.29, 0.717) is 33.1 Å². The molecule has 2 heterocycles. The molecule has 1 saturated carbocycles. The third kappa shape index (κ3) is 2.09. The summed E-state index contributed by atoms with van der Waals surface area (Å²) in [7, 11) is 0. The molecule has 1 saturated heterocycles. The van der Waals surface area contributed by atoms with E-state index in [4.69, 9.17) is 5.73 Å². The number of likely N-dealkylation sites (tertiary alicyclic amines) is 1. The van der Waals surface area contributed by atoms with Crippen molar-refractivity contribution in [1.82, 2.24) is 9.88 Å². The molecule has 2 aliphatic rings. The van der Waals surface area contributed by atoms with Gasteiger partial charge in [0.15, 0.2) is 5.13 Å². The molecule has 0 spiro atoms. The van der Waals surface area contributed by atoms with Crippen molar-refractivity contribution in [3.8, 4) is 10.4 Å². The van der Waals surface area contributed by atoms with Gasteiger partial charge in [-0.25, -0.2) is 9.37 Å². The second kappa shape index (κ2) is 4.78. The van der Waals surface area contributed by atoms with E-state index in [1.807, 2.05) is 4.90 Å². The number of benzene rings is 1. The summed E-state index contributed by atoms with van der Waals surface area (Å²) in [5, 5.41) is 0.333. The Morgan fingerprint density at radius 3 is 3.00 bits per heavy atom. The number of nitrogens with two attached hydrogens (primary N) is 1. The standard InChI is InChI=1S/C16H16FN3OS/c1-8-12-6-10(12)7-20(8)15(21)13-14(22-16(18)19-13)9-3-2-4-11(17)5-9/h2-5,8,10,12H,6-7H2,1H3,(H2,18,19)/t8-,10-,12+/m0/s1. The average molecular weight is 317 g/mol. The molecule has 1 amide bonds. The van der Waals surface area contributed by atoms with Gasteiger partial charge in [0, 0.05) is 12.6 Å². The molecule has 3 atom stereocenters. The van der Waals surface area contributed by atoms with Crippen LogP contribution < -0.4 is 5.73 Å². The molecule has 1 aromatic heterocycles. The van der Waals surface area contributed by atoms with E-state index < -0.39 is 0 Å². The lowest BCUT2D eigenvalue weighted by Gasteiger charge is -2.24. The zero-order valence-electron chi connectivity index (χ0n) is 12.1. The molecular weight excluding hydrogens is 301 g/mol. The van der Waals surface area contributed by atoms with Crippen LogP contribution in [0, 0.1) is 17.7 Å². The molecule has 2 aromatic rings. The molecule has 22 heavy (non-hydrogen) atoms. The van der Waals surface area contributed by atoms with E-state index in [1.165, 1.54) is 29.9 Å². The third-order valence-electron chi connectivity index (χ3n) is 4.71. The van der Waals surface area contributed by atoms with E-state index in [1.54, 1.807) is 12.1 Å². The summed E-state index contributed by atoms with van der Waals surface area (Å²) in [4.78, 5) is 19.6. The molecule has 4 rings (SSSR count). The molecule has 0 bridgehead atoms. The van der Waals surface area contributed by atoms with Crippen LogP contribution in [0.25, 0.3) is 10.4 Å². The number of nitrogens with zero attached hydrogens (tertiary/aromatic N) is 2. The van der Waals surface area contributed by atoms with Gasteiger partial charge in [0.05, 0.1) is 4.88 Å². The number of anilines is 1. The highest BCUT2D eigenvalue weighted by atomic mass is 32.1. The first-order chi connectivity index (χ1) is 10.5. The lowest BCUT2D eigenvalue weighted by molar-refractivity contribution is 0.0716. The van der Waals surface area contributed by atoms with Gasteiger partial charge in [0.2, 0.25) is 0 Å². The van der Waals surface area contributed by atoms with Crippen LogP contribution in [0.15, 0.2) is 24.3 Å². The van der Waals surface area contributed by atoms with Gasteiger partial charge in [-0.2, -0.15) is 0 Å². The Bertz CT molecular complexity index is 760. The first-order valence-electron chi connectivity index (χ1n) is 7.38. The monoisotopic (exact) mass is 317 g/mol. The number of carbonyl (C=O) groups excluding carboxylic acids is 1. The molecule has 4 nitrogen and oxygen atoms in total. The van der Waals surface area contributed by atoms with Crippen molar-refractivity contribution in [2.24, 2.45) is 11.8 Å². The predicted molar refractivity (Wildman–Crippen MR) is 84.0 cm³/mol. The Morgan fingerprint density at radius 1 is 1.50 bits per heavy atom. The minimum atomic E-state index is -0.335. The highest BCUT2D eigenvalue weighted by Gasteiger charge is 2.52. The number of carbonyl (C=O) groups is 1. The number of thiazole rings is 1. The normalized spacial score (nSPS) is 26.1. The zero-order chi connectivity index (χ0) is 15.4. The van der Waals surface area contributed by atoms with E-state index in [2.05, 4.69) is 11.9 Å². The second-order valence-corrected chi connectivity index (χ2v) is 7.13. The Labute approximate surface area is 131 Å². The first-order valence-corrected chi connectivity index (χ1v) is 8.19. The number of rotatable bonds is 2. The maximum Gasteiger partial charge on any atom is 0.274 e. The number of nitrogen functional groups attached to an aromatic ring is 1. The fourth-order valence-corrected chi connectivity index (χ4v) is 4.25. The summed E-state index contributed by atoms with van der Waals surface area (Å²) in [6.45, 7) is 2.89. The smallest absolute Gasteiger partial charge is 0.274 e. The van der Waals surface area contributed by atoms with Gasteiger partial charge in [-0.1, -0.05) is 23.5 Å². The maximum atomic E-state index is 13.5. The van der Waals surface area contributed by atoms with Gasteiger partial charge in [-0.3, -0.25) is 4.79 Å². The minimum Gasteiger partial charge on any atom is -0.375 e. The van der Waals surface area contributed by atoms with Crippen LogP contribution in [-0.4, -0.2) is 28.4 Å². The summed E-state index contributed by atoms with van der Waals surface area (Å²) in [5.41, 5.74) is 6.80. The van der Waals surface area contributed by atoms with Gasteiger partial charge >= 0.3 is 0 Å². The van der Waals surface area contributed by atoms with Crippen LogP contribution >= 0.6 is 11.3 Å². The maximum absolute atomic E-state index is 13.5. The highest BCUT2D eigenvalue weighted by Crippen LogP contribution is 2.50. The van der Waals surface area contributed by atoms with Crippen molar-refractivity contribution in [3.63, 3.8) is 0 Å². The van der Waals surface area contributed by atoms with Gasteiger partial charge in [-0.15, -0.1) is 0 Å². The van der Waals surface area contributed by atoms with E-state index in [0.717, 1.165) is 6.54 Å². The van der Waals surface area contributed by atoms with Crippen molar-refractivity contribution in [2.45, 2.75) is 19.4 Å². The van der Waals surface area contributed by atoms with E-state index in [9.17, 15) is 9.18 Å². The predicted octanol–water partition coefficient (Wildman–Crippen LogP) is 3.01. The van der Waals surface area contributed by atoms with Crippen molar-refractivity contribution in [1.29, 1.82) is 0 Å². The number of amides is 1. The van der Waals surface area contributed by atoms with Crippen LogP contribution in [0.1, 0.15) is 23.8 Å². The molecule has 1 aliphatic carbocycles. The Morgan fingerprint density at radius 2 is 2.32 bits per heavy atom. The molecule has 1 aromatic carbocycles. The molecular formula is C16H16FN3OS. The van der Waals surface area contributed by atoms with Gasteiger partial charge in [0.25, 0.3) is 5.91 Å². The number of hydrogen-bond donors (Lipinski definition) is 1. The Balaban J connectivity index is 1.71. The van der Waals surface area contributed by atoms with Crippen molar-refractivity contribution >= 4 is 22.4 Å². The van der Waals surface area contributed by atoms with Gasteiger partial charge in [-0.05, 0) is 42.9 Å². The molecule has 114 valence electrons. The largest absolute Gasteiger partial charge is 0.375 e. The highest BCUT2D eigenvalue weighted by molar-refractivity contribution is 7.19. The Hall–Kier alpha value is -1.95. The number of hydrogen-bond acceptors (Lipinski definition) is 4. The lowest BCUT2D eigenvalue weighted by atomic mass is 10.1. The van der Waals surface area contributed by atoms with Crippen molar-refractivity contribution in [3.05, 3.63) is 35.8 Å². The summed E-state index contributed by atoms with van der Waals surface area (Å²) in [6.07, 6.45) is 1.22. The van der Waals surface area contributed by atoms with E-state index >= 15 is 0 Å². The number of halogens is 1. The number of aromatic nitrogens is 1. The van der Waals surface area contributed by atoms with Crippen molar-refractivity contribution < 1.29 is 9.18 Å². The number of fused-ring (bicyclic) bond motifs is 1. The molecule has 2 fully saturated rings. The third-order valence-corrected chi connectivity index (χ3v) is 5.65. The van der Waals surface area contributed by atoms with Crippen molar-refractivity contribution in [2.75, 3.05) is 12.3 Å². The molecule has 6 heteroatoms. The van der Waals surface area contributed by atoms with Crippen LogP contribution in [0.3, 0.4) is 0 Å². The SMILES string of the molecule is C[C@H]1[C@H]2C[C@H]2CN1C(=O)c1nc(N)sc1-c1cccc(F)c1. The summed E-state index contributed by atoms with van der Waals surface area (Å²) in [6, 6.07) is 6.45. The molecule has 0 unspecified atom stereocenters. The summed E-state index contributed by atoms with van der Waals surface area (Å²) >= 11 is 1.23. The zero-order valence-corrected chi connectivity index (χ0v) is 12.9. The molecule has 2 N–H and O–H groups in total. The average Bonchev–Trinajstić information content (AvgIpc) is 3.05. The molecule has 1 aliphatic heterocycles. The second-order valence-electron chi connectivity index (χ2n) is 6.10. The van der Waals surface area contributed by atoms with E-state index in [-0.39, 0.29) is 17.8 Å². The quantitative estimate of drug-likeness (QED) is 0.926. The fraction of sp³-hybridized carbons (Fsp3) is 0.375. The van der Waals surface area contributed by atoms with Gasteiger partial charge in [0.1, 0.15) is 11.5 Å². The lowest BCUT2D eigenvalue weighted by Crippen LogP contribution is -2.37. The minimum absolute atomic E-state index is 0.0908. The fourth-order valence-electron chi connectivity index (χ4n) is 3.43. The van der Waals surface area contributed by atoms with Gasteiger partial charge < -0.3 is 10.6 Å². The summed E-state index contributed by atoms with van der Waals surface area (Å²) in [5.74, 6) is 0.857. The Kier molecular flexibility index (Phi) is 2.97.